The zero-order chi connectivity index (χ0) is 50.1. The fraction of sp³-hybridized carbons (Fsp3) is 0.0896. The third-order valence-corrected chi connectivity index (χ3v) is 14.2. The van der Waals surface area contributed by atoms with Gasteiger partial charge in [0.2, 0.25) is 0 Å². The molecular formula is C67H52N4O3. The first-order chi connectivity index (χ1) is 36.3. The van der Waals surface area contributed by atoms with Crippen LogP contribution in [0.4, 0.5) is 11.4 Å². The van der Waals surface area contributed by atoms with Crippen LogP contribution in [0.1, 0.15) is 44.8 Å². The summed E-state index contributed by atoms with van der Waals surface area (Å²) in [5.74, 6) is 0.565. The van der Waals surface area contributed by atoms with Gasteiger partial charge in [-0.15, -0.1) is 0 Å². The summed E-state index contributed by atoms with van der Waals surface area (Å²) in [5, 5.41) is 22.5. The first kappa shape index (κ1) is 45.8. The molecule has 8 aromatic carbocycles. The highest BCUT2D eigenvalue weighted by atomic mass is 16.3. The molecule has 0 atom stereocenters. The number of hydrogen-bond donors (Lipinski definition) is 3. The maximum absolute atomic E-state index is 14.5. The molecule has 7 nitrogen and oxygen atoms in total. The van der Waals surface area contributed by atoms with Gasteiger partial charge in [0.1, 0.15) is 17.1 Å². The SMILES string of the molecule is Cc1ccccc1-c1c2ccc(=O)c(CNc3cc(-c4ccccc4)cc4ccc(Cc5ccccc5)nc34)c-2oc2c(CNc3cc(-c4ccccc4)cc4ccc(Cc5ccccc5)nc34)c(O)c(C)cc12. The zero-order valence-corrected chi connectivity index (χ0v) is 41.2. The predicted molar refractivity (Wildman–Crippen MR) is 303 cm³/mol. The van der Waals surface area contributed by atoms with E-state index in [4.69, 9.17) is 14.4 Å². The van der Waals surface area contributed by atoms with E-state index in [0.29, 0.717) is 40.9 Å². The Labute approximate surface area is 429 Å². The Kier molecular flexibility index (Phi) is 12.2. The van der Waals surface area contributed by atoms with Crippen molar-refractivity contribution in [2.45, 2.75) is 39.8 Å². The molecule has 3 heterocycles. The lowest BCUT2D eigenvalue weighted by Crippen LogP contribution is -2.15. The number of pyridine rings is 2. The van der Waals surface area contributed by atoms with E-state index in [1.165, 1.54) is 11.1 Å². The van der Waals surface area contributed by atoms with Crippen molar-refractivity contribution in [3.8, 4) is 50.5 Å². The average molecular weight is 961 g/mol. The second-order valence-corrected chi connectivity index (χ2v) is 19.2. The molecule has 358 valence electrons. The molecule has 74 heavy (non-hydrogen) atoms. The van der Waals surface area contributed by atoms with Gasteiger partial charge in [-0.2, -0.15) is 0 Å². The minimum absolute atomic E-state index is 0.115. The molecule has 12 rings (SSSR count). The maximum atomic E-state index is 14.5. The zero-order valence-electron chi connectivity index (χ0n) is 41.2. The van der Waals surface area contributed by atoms with Gasteiger partial charge in [-0.05, 0) is 119 Å². The van der Waals surface area contributed by atoms with E-state index in [0.717, 1.165) is 94.5 Å². The summed E-state index contributed by atoms with van der Waals surface area (Å²) in [6.07, 6.45) is 1.37. The second kappa shape index (κ2) is 19.7. The highest BCUT2D eigenvalue weighted by Gasteiger charge is 2.26. The molecule has 0 unspecified atom stereocenters. The van der Waals surface area contributed by atoms with Crippen molar-refractivity contribution in [3.05, 3.63) is 267 Å². The van der Waals surface area contributed by atoms with E-state index < -0.39 is 0 Å². The molecule has 1 aliphatic heterocycles. The molecule has 10 aromatic rings. The fourth-order valence-electron chi connectivity index (χ4n) is 10.4. The highest BCUT2D eigenvalue weighted by Crippen LogP contribution is 2.46. The first-order valence-corrected chi connectivity index (χ1v) is 25.1. The fourth-order valence-corrected chi connectivity index (χ4v) is 10.4. The summed E-state index contributed by atoms with van der Waals surface area (Å²) in [5.41, 5.74) is 17.6. The van der Waals surface area contributed by atoms with Gasteiger partial charge in [0, 0.05) is 64.6 Å². The number of anilines is 2. The van der Waals surface area contributed by atoms with Crippen LogP contribution in [0.25, 0.3) is 77.5 Å². The number of aromatic hydroxyl groups is 1. The van der Waals surface area contributed by atoms with Crippen LogP contribution in [0.2, 0.25) is 0 Å². The van der Waals surface area contributed by atoms with Gasteiger partial charge in [-0.1, -0.05) is 158 Å². The Morgan fingerprint density at radius 3 is 1.51 bits per heavy atom. The van der Waals surface area contributed by atoms with Crippen molar-refractivity contribution in [1.29, 1.82) is 0 Å². The molecule has 0 amide bonds. The molecule has 0 fully saturated rings. The largest absolute Gasteiger partial charge is 0.507 e. The Hall–Kier alpha value is -9.33. The third-order valence-electron chi connectivity index (χ3n) is 14.2. The van der Waals surface area contributed by atoms with Crippen LogP contribution in [-0.4, -0.2) is 15.1 Å². The summed E-state index contributed by atoms with van der Waals surface area (Å²) < 4.78 is 7.16. The van der Waals surface area contributed by atoms with E-state index in [-0.39, 0.29) is 24.3 Å². The van der Waals surface area contributed by atoms with Crippen LogP contribution in [0, 0.1) is 13.8 Å². The van der Waals surface area contributed by atoms with Crippen molar-refractivity contribution in [1.82, 2.24) is 9.97 Å². The predicted octanol–water partition coefficient (Wildman–Crippen LogP) is 15.7. The van der Waals surface area contributed by atoms with Crippen LogP contribution in [-0.2, 0) is 25.9 Å². The van der Waals surface area contributed by atoms with E-state index >= 15 is 0 Å². The van der Waals surface area contributed by atoms with E-state index in [9.17, 15) is 9.90 Å². The Balaban J connectivity index is 0.999. The number of nitrogens with one attached hydrogen (secondary N) is 2. The molecule has 0 radical (unpaired) electrons. The number of phenolic OH excluding ortho intramolecular Hbond substituents is 1. The van der Waals surface area contributed by atoms with Gasteiger partial charge in [-0.25, -0.2) is 0 Å². The molecule has 0 bridgehead atoms. The second-order valence-electron chi connectivity index (χ2n) is 19.2. The van der Waals surface area contributed by atoms with Crippen LogP contribution in [0.3, 0.4) is 0 Å². The summed E-state index contributed by atoms with van der Waals surface area (Å²) >= 11 is 0. The molecule has 0 spiro atoms. The van der Waals surface area contributed by atoms with Gasteiger partial charge in [0.15, 0.2) is 5.43 Å². The normalized spacial score (nSPS) is 11.4. The number of hydrogen-bond acceptors (Lipinski definition) is 7. The highest BCUT2D eigenvalue weighted by molar-refractivity contribution is 6.05. The Morgan fingerprint density at radius 1 is 0.473 bits per heavy atom. The van der Waals surface area contributed by atoms with Crippen molar-refractivity contribution in [2.75, 3.05) is 10.6 Å². The maximum Gasteiger partial charge on any atom is 0.187 e. The van der Waals surface area contributed by atoms with Crippen LogP contribution < -0.4 is 16.1 Å². The van der Waals surface area contributed by atoms with Gasteiger partial charge in [0.25, 0.3) is 0 Å². The number of aryl methyl sites for hydroxylation is 2. The molecule has 2 aliphatic rings. The lowest BCUT2D eigenvalue weighted by atomic mass is 9.88. The molecule has 0 saturated heterocycles. The van der Waals surface area contributed by atoms with Gasteiger partial charge in [0.05, 0.1) is 33.5 Å². The number of fused-ring (bicyclic) bond motifs is 4. The number of aromatic nitrogens is 2. The quantitative estimate of drug-likeness (QED) is 0.0990. The monoisotopic (exact) mass is 960 g/mol. The van der Waals surface area contributed by atoms with Crippen molar-refractivity contribution in [3.63, 3.8) is 0 Å². The van der Waals surface area contributed by atoms with Crippen LogP contribution >= 0.6 is 0 Å². The smallest absolute Gasteiger partial charge is 0.187 e. The van der Waals surface area contributed by atoms with Crippen molar-refractivity contribution in [2.24, 2.45) is 0 Å². The lowest BCUT2D eigenvalue weighted by molar-refractivity contribution is 0.463. The van der Waals surface area contributed by atoms with Gasteiger partial charge >= 0.3 is 0 Å². The van der Waals surface area contributed by atoms with E-state index in [2.05, 4.69) is 139 Å². The molecular weight excluding hydrogens is 909 g/mol. The summed E-state index contributed by atoms with van der Waals surface area (Å²) in [4.78, 5) is 25.0. The first-order valence-electron chi connectivity index (χ1n) is 25.1. The summed E-state index contributed by atoms with van der Waals surface area (Å²) in [6, 6.07) is 72.3. The summed E-state index contributed by atoms with van der Waals surface area (Å²) in [6.45, 7) is 4.38. The lowest BCUT2D eigenvalue weighted by Gasteiger charge is -2.22. The molecule has 7 heteroatoms. The van der Waals surface area contributed by atoms with Crippen LogP contribution in [0.15, 0.2) is 222 Å². The third kappa shape index (κ3) is 9.01. The minimum Gasteiger partial charge on any atom is -0.507 e. The van der Waals surface area contributed by atoms with E-state index in [1.807, 2.05) is 91.9 Å². The minimum atomic E-state index is -0.164. The van der Waals surface area contributed by atoms with E-state index in [1.54, 1.807) is 6.07 Å². The van der Waals surface area contributed by atoms with Gasteiger partial charge < -0.3 is 20.2 Å². The molecule has 3 N–H and O–H groups in total. The summed E-state index contributed by atoms with van der Waals surface area (Å²) in [7, 11) is 0. The topological polar surface area (TPSA) is 100 Å². The number of phenols is 1. The Morgan fingerprint density at radius 2 is 0.973 bits per heavy atom. The Bertz CT molecular complexity index is 4060. The average Bonchev–Trinajstić information content (AvgIpc) is 3.44. The molecule has 1 aliphatic carbocycles. The number of benzene rings is 9. The number of nitrogens with zero attached hydrogens (tertiary/aromatic N) is 2. The van der Waals surface area contributed by atoms with Gasteiger partial charge in [-0.3, -0.25) is 14.8 Å². The van der Waals surface area contributed by atoms with Crippen LogP contribution in [0.5, 0.6) is 5.75 Å². The van der Waals surface area contributed by atoms with Crippen molar-refractivity contribution >= 4 is 44.1 Å². The molecule has 2 aromatic heterocycles. The standard InChI is InChI=1S/C67H52N4O3/c1-42-17-15-16-26-54(42)62-55-31-32-61(72)57(40-68-59-38-50(46-22-11-5-12-23-46)36-48-27-29-52(70-63(48)59)34-44-18-7-3-8-19-44)66(55)74-67-56(62)33-43(2)65(73)58(67)41-69-60-39-51(47-24-13-6-14-25-47)37-49-28-30-53(71-64(49)60)35-45-20-9-4-10-21-45/h3-33,36-39,68-69,73H,34-35,40-41H2,1-2H3. The molecule has 0 saturated carbocycles. The number of rotatable bonds is 13. The van der Waals surface area contributed by atoms with Crippen molar-refractivity contribution < 1.29 is 9.52 Å².